The smallest absolute Gasteiger partial charge is 0.416 e. The molecular formula is C17H17F3O. The van der Waals surface area contributed by atoms with E-state index < -0.39 is 11.7 Å². The van der Waals surface area contributed by atoms with Gasteiger partial charge in [-0.05, 0) is 49.6 Å². The molecule has 2 aromatic rings. The minimum atomic E-state index is -4.30. The zero-order valence-electron chi connectivity index (χ0n) is 11.9. The molecule has 0 spiro atoms. The standard InChI is InChI=1S/C17H17F3O/c1-12(2)21-16-8-6-13(7-9-16)10-14-4-3-5-15(11-14)17(18,19)20/h3-9,11-12H,10H2,1-2H3. The first kappa shape index (κ1) is 15.4. The molecule has 0 unspecified atom stereocenters. The fraction of sp³-hybridized carbons (Fsp3) is 0.294. The Morgan fingerprint density at radius 3 is 2.19 bits per heavy atom. The highest BCUT2D eigenvalue weighted by Crippen LogP contribution is 2.30. The monoisotopic (exact) mass is 294 g/mol. The fourth-order valence-electron chi connectivity index (χ4n) is 2.05. The Morgan fingerprint density at radius 2 is 1.62 bits per heavy atom. The van der Waals surface area contributed by atoms with Crippen LogP contribution in [0.3, 0.4) is 0 Å². The average Bonchev–Trinajstić information content (AvgIpc) is 2.40. The van der Waals surface area contributed by atoms with Gasteiger partial charge in [0.2, 0.25) is 0 Å². The number of benzene rings is 2. The lowest BCUT2D eigenvalue weighted by Crippen LogP contribution is -2.06. The molecule has 112 valence electrons. The Bertz CT molecular complexity index is 586. The SMILES string of the molecule is CC(C)Oc1ccc(Cc2cccc(C(F)(F)F)c2)cc1. The predicted octanol–water partition coefficient (Wildman–Crippen LogP) is 5.08. The van der Waals surface area contributed by atoms with Crippen molar-refractivity contribution in [3.63, 3.8) is 0 Å². The van der Waals surface area contributed by atoms with Gasteiger partial charge in [-0.1, -0.05) is 30.3 Å². The summed E-state index contributed by atoms with van der Waals surface area (Å²) in [7, 11) is 0. The van der Waals surface area contributed by atoms with E-state index in [4.69, 9.17) is 4.74 Å². The molecule has 2 rings (SSSR count). The van der Waals surface area contributed by atoms with Crippen LogP contribution >= 0.6 is 0 Å². The molecule has 0 saturated heterocycles. The van der Waals surface area contributed by atoms with Crippen molar-refractivity contribution in [1.29, 1.82) is 0 Å². The van der Waals surface area contributed by atoms with Gasteiger partial charge in [0.05, 0.1) is 11.7 Å². The van der Waals surface area contributed by atoms with E-state index in [0.717, 1.165) is 17.4 Å². The van der Waals surface area contributed by atoms with E-state index in [1.807, 2.05) is 38.1 Å². The quantitative estimate of drug-likeness (QED) is 0.763. The number of halogens is 3. The Morgan fingerprint density at radius 1 is 0.952 bits per heavy atom. The second-order valence-corrected chi connectivity index (χ2v) is 5.19. The summed E-state index contributed by atoms with van der Waals surface area (Å²) in [5, 5.41) is 0. The van der Waals surface area contributed by atoms with Crippen molar-refractivity contribution in [2.45, 2.75) is 32.5 Å². The first-order chi connectivity index (χ1) is 9.84. The van der Waals surface area contributed by atoms with Gasteiger partial charge in [0, 0.05) is 0 Å². The van der Waals surface area contributed by atoms with Crippen molar-refractivity contribution in [3.8, 4) is 5.75 Å². The van der Waals surface area contributed by atoms with E-state index in [1.54, 1.807) is 6.07 Å². The van der Waals surface area contributed by atoms with Crippen LogP contribution in [0.1, 0.15) is 30.5 Å². The lowest BCUT2D eigenvalue weighted by molar-refractivity contribution is -0.137. The summed E-state index contributed by atoms with van der Waals surface area (Å²) >= 11 is 0. The summed E-state index contributed by atoms with van der Waals surface area (Å²) in [6, 6.07) is 12.8. The van der Waals surface area contributed by atoms with Crippen molar-refractivity contribution in [1.82, 2.24) is 0 Å². The maximum absolute atomic E-state index is 12.7. The lowest BCUT2D eigenvalue weighted by Gasteiger charge is -2.11. The van der Waals surface area contributed by atoms with Crippen molar-refractivity contribution in [2.24, 2.45) is 0 Å². The number of rotatable bonds is 4. The van der Waals surface area contributed by atoms with Crippen molar-refractivity contribution in [3.05, 3.63) is 65.2 Å². The second kappa shape index (κ2) is 6.20. The van der Waals surface area contributed by atoms with E-state index in [9.17, 15) is 13.2 Å². The predicted molar refractivity (Wildman–Crippen MR) is 76.5 cm³/mol. The van der Waals surface area contributed by atoms with Crippen molar-refractivity contribution in [2.75, 3.05) is 0 Å². The summed E-state index contributed by atoms with van der Waals surface area (Å²) in [4.78, 5) is 0. The Balaban J connectivity index is 2.11. The van der Waals surface area contributed by atoms with Gasteiger partial charge in [-0.3, -0.25) is 0 Å². The van der Waals surface area contributed by atoms with Gasteiger partial charge >= 0.3 is 6.18 Å². The molecule has 0 bridgehead atoms. The van der Waals surface area contributed by atoms with Crippen LogP contribution in [0.5, 0.6) is 5.75 Å². The Hall–Kier alpha value is -1.97. The number of alkyl halides is 3. The zero-order valence-corrected chi connectivity index (χ0v) is 11.9. The highest BCUT2D eigenvalue weighted by molar-refractivity contribution is 5.33. The highest BCUT2D eigenvalue weighted by atomic mass is 19.4. The van der Waals surface area contributed by atoms with Crippen LogP contribution in [0, 0.1) is 0 Å². The topological polar surface area (TPSA) is 9.23 Å². The maximum Gasteiger partial charge on any atom is 0.416 e. The molecule has 0 radical (unpaired) electrons. The van der Waals surface area contributed by atoms with Crippen LogP contribution in [0.4, 0.5) is 13.2 Å². The summed E-state index contributed by atoms with van der Waals surface area (Å²) in [6.07, 6.45) is -3.74. The molecule has 0 N–H and O–H groups in total. The van der Waals surface area contributed by atoms with Crippen LogP contribution in [0.15, 0.2) is 48.5 Å². The average molecular weight is 294 g/mol. The lowest BCUT2D eigenvalue weighted by atomic mass is 10.0. The number of hydrogen-bond donors (Lipinski definition) is 0. The number of hydrogen-bond acceptors (Lipinski definition) is 1. The van der Waals surface area contributed by atoms with Gasteiger partial charge in [0.25, 0.3) is 0 Å². The van der Waals surface area contributed by atoms with Crippen LogP contribution in [0.25, 0.3) is 0 Å². The Kier molecular flexibility index (Phi) is 4.56. The van der Waals surface area contributed by atoms with Gasteiger partial charge in [-0.2, -0.15) is 13.2 Å². The summed E-state index contributed by atoms with van der Waals surface area (Å²) in [6.45, 7) is 3.88. The molecule has 21 heavy (non-hydrogen) atoms. The fourth-order valence-corrected chi connectivity index (χ4v) is 2.05. The molecule has 0 aromatic heterocycles. The summed E-state index contributed by atoms with van der Waals surface area (Å²) in [5.41, 5.74) is 0.979. The van der Waals surface area contributed by atoms with E-state index in [-0.39, 0.29) is 6.10 Å². The van der Waals surface area contributed by atoms with Crippen molar-refractivity contribution < 1.29 is 17.9 Å². The third kappa shape index (κ3) is 4.52. The third-order valence-corrected chi connectivity index (χ3v) is 2.96. The van der Waals surface area contributed by atoms with Gasteiger partial charge in [0.15, 0.2) is 0 Å². The first-order valence-corrected chi connectivity index (χ1v) is 6.76. The van der Waals surface area contributed by atoms with Crippen molar-refractivity contribution >= 4 is 0 Å². The van der Waals surface area contributed by atoms with E-state index in [0.29, 0.717) is 12.0 Å². The maximum atomic E-state index is 12.7. The van der Waals surface area contributed by atoms with Crippen LogP contribution in [0.2, 0.25) is 0 Å². The molecular weight excluding hydrogens is 277 g/mol. The van der Waals surface area contributed by atoms with Gasteiger partial charge in [-0.25, -0.2) is 0 Å². The highest BCUT2D eigenvalue weighted by Gasteiger charge is 2.30. The van der Waals surface area contributed by atoms with E-state index in [1.165, 1.54) is 12.1 Å². The number of ether oxygens (including phenoxy) is 1. The summed E-state index contributed by atoms with van der Waals surface area (Å²) in [5.74, 6) is 0.762. The minimum absolute atomic E-state index is 0.0966. The normalized spacial score (nSPS) is 11.7. The van der Waals surface area contributed by atoms with E-state index >= 15 is 0 Å². The molecule has 2 aromatic carbocycles. The van der Waals surface area contributed by atoms with Crippen LogP contribution in [-0.4, -0.2) is 6.10 Å². The molecule has 0 aliphatic carbocycles. The molecule has 0 amide bonds. The largest absolute Gasteiger partial charge is 0.491 e. The van der Waals surface area contributed by atoms with Gasteiger partial charge in [0.1, 0.15) is 5.75 Å². The zero-order chi connectivity index (χ0) is 15.5. The molecule has 0 fully saturated rings. The van der Waals surface area contributed by atoms with Crippen LogP contribution < -0.4 is 4.74 Å². The third-order valence-electron chi connectivity index (χ3n) is 2.96. The molecule has 0 heterocycles. The molecule has 4 heteroatoms. The molecule has 0 aliphatic heterocycles. The Labute approximate surface area is 122 Å². The molecule has 0 saturated carbocycles. The van der Waals surface area contributed by atoms with Gasteiger partial charge in [-0.15, -0.1) is 0 Å². The molecule has 1 nitrogen and oxygen atoms in total. The molecule has 0 aliphatic rings. The van der Waals surface area contributed by atoms with E-state index in [2.05, 4.69) is 0 Å². The first-order valence-electron chi connectivity index (χ1n) is 6.76. The minimum Gasteiger partial charge on any atom is -0.491 e. The molecule has 0 atom stereocenters. The van der Waals surface area contributed by atoms with Gasteiger partial charge < -0.3 is 4.74 Å². The second-order valence-electron chi connectivity index (χ2n) is 5.19. The summed E-state index contributed by atoms with van der Waals surface area (Å²) < 4.78 is 43.5. The van der Waals surface area contributed by atoms with Crippen LogP contribution in [-0.2, 0) is 12.6 Å².